The summed E-state index contributed by atoms with van der Waals surface area (Å²) in [7, 11) is -3.84. The number of hydrogen-bond donors (Lipinski definition) is 0. The number of thiocarbonyl (C=S) groups is 1. The molecule has 3 aromatic carbocycles. The summed E-state index contributed by atoms with van der Waals surface area (Å²) in [6.45, 7) is 4.47. The summed E-state index contributed by atoms with van der Waals surface area (Å²) in [6, 6.07) is 25.8. The molecule has 0 saturated carbocycles. The summed E-state index contributed by atoms with van der Waals surface area (Å²) in [6.07, 6.45) is 4.42. The average Bonchev–Trinajstić information content (AvgIpc) is 3.65. The monoisotopic (exact) mass is 686 g/mol. The van der Waals surface area contributed by atoms with Crippen LogP contribution in [-0.2, 0) is 24.3 Å². The van der Waals surface area contributed by atoms with Gasteiger partial charge in [-0.3, -0.25) is 14.5 Å². The van der Waals surface area contributed by atoms with Crippen molar-refractivity contribution in [2.75, 3.05) is 19.7 Å². The zero-order valence-corrected chi connectivity index (χ0v) is 28.4. The zero-order valence-electron chi connectivity index (χ0n) is 26.0. The SMILES string of the molecule is CCOC(=O)C1CCN(S(=O)(=O)c2cccc(-c3nn(-c4ccccc4)cc3C=C3SC(=S)N(C(C)c4ccccc4)C3=O)c2)CC1. The van der Waals surface area contributed by atoms with Crippen molar-refractivity contribution in [2.45, 2.75) is 37.6 Å². The van der Waals surface area contributed by atoms with Gasteiger partial charge in [-0.2, -0.15) is 9.40 Å². The van der Waals surface area contributed by atoms with Gasteiger partial charge in [0.2, 0.25) is 10.0 Å². The number of carbonyl (C=O) groups is 2. The molecular formula is C35H34N4O5S3. The summed E-state index contributed by atoms with van der Waals surface area (Å²) >= 11 is 6.90. The van der Waals surface area contributed by atoms with E-state index in [0.717, 1.165) is 11.3 Å². The lowest BCUT2D eigenvalue weighted by atomic mass is 9.98. The average molecular weight is 687 g/mol. The van der Waals surface area contributed by atoms with Gasteiger partial charge >= 0.3 is 5.97 Å². The summed E-state index contributed by atoms with van der Waals surface area (Å²) in [5.74, 6) is -0.780. The number of aromatic nitrogens is 2. The van der Waals surface area contributed by atoms with Gasteiger partial charge in [0.25, 0.3) is 5.91 Å². The first kappa shape index (κ1) is 32.8. The highest BCUT2D eigenvalue weighted by Gasteiger charge is 2.37. The van der Waals surface area contributed by atoms with Crippen LogP contribution in [-0.4, -0.2) is 63.3 Å². The Hall–Kier alpha value is -4.10. The number of thioether (sulfide) groups is 1. The number of para-hydroxylation sites is 1. The van der Waals surface area contributed by atoms with Crippen molar-refractivity contribution in [2.24, 2.45) is 5.92 Å². The molecule has 6 rings (SSSR count). The first-order chi connectivity index (χ1) is 22.7. The van der Waals surface area contributed by atoms with Crippen LogP contribution in [0.4, 0.5) is 0 Å². The zero-order chi connectivity index (χ0) is 33.1. The van der Waals surface area contributed by atoms with E-state index in [-0.39, 0.29) is 41.8 Å². The van der Waals surface area contributed by atoms with Gasteiger partial charge in [0.1, 0.15) is 10.0 Å². The number of sulfonamides is 1. The smallest absolute Gasteiger partial charge is 0.309 e. The Kier molecular flexibility index (Phi) is 9.74. The molecule has 0 radical (unpaired) electrons. The fourth-order valence-corrected chi connectivity index (χ4v) is 8.74. The van der Waals surface area contributed by atoms with Crippen molar-refractivity contribution in [1.82, 2.24) is 19.0 Å². The number of hydrogen-bond acceptors (Lipinski definition) is 8. The number of esters is 1. The number of nitrogens with zero attached hydrogens (tertiary/aromatic N) is 4. The second kappa shape index (κ2) is 13.9. The number of carbonyl (C=O) groups excluding carboxylic acids is 2. The molecule has 1 aromatic heterocycles. The van der Waals surface area contributed by atoms with Crippen LogP contribution in [0.15, 0.2) is 101 Å². The van der Waals surface area contributed by atoms with E-state index in [0.29, 0.717) is 45.5 Å². The van der Waals surface area contributed by atoms with Crippen molar-refractivity contribution >= 4 is 56.3 Å². The molecule has 3 heterocycles. The topological polar surface area (TPSA) is 102 Å². The highest BCUT2D eigenvalue weighted by Crippen LogP contribution is 2.39. The largest absolute Gasteiger partial charge is 0.466 e. The van der Waals surface area contributed by atoms with E-state index in [1.807, 2.05) is 79.9 Å². The maximum absolute atomic E-state index is 13.8. The molecule has 47 heavy (non-hydrogen) atoms. The lowest BCUT2D eigenvalue weighted by Crippen LogP contribution is -2.40. The van der Waals surface area contributed by atoms with E-state index in [9.17, 15) is 18.0 Å². The lowest BCUT2D eigenvalue weighted by molar-refractivity contribution is -0.149. The van der Waals surface area contributed by atoms with Crippen LogP contribution in [0.5, 0.6) is 0 Å². The Morgan fingerprint density at radius 1 is 1.04 bits per heavy atom. The van der Waals surface area contributed by atoms with Gasteiger partial charge in [0.15, 0.2) is 0 Å². The molecule has 12 heteroatoms. The molecule has 9 nitrogen and oxygen atoms in total. The number of amides is 1. The fourth-order valence-electron chi connectivity index (χ4n) is 5.81. The van der Waals surface area contributed by atoms with Crippen LogP contribution in [0, 0.1) is 5.92 Å². The van der Waals surface area contributed by atoms with Crippen molar-refractivity contribution in [3.63, 3.8) is 0 Å². The molecule has 2 fully saturated rings. The molecule has 0 aliphatic carbocycles. The van der Waals surface area contributed by atoms with Gasteiger partial charge < -0.3 is 4.74 Å². The van der Waals surface area contributed by atoms with Crippen molar-refractivity contribution < 1.29 is 22.7 Å². The second-order valence-electron chi connectivity index (χ2n) is 11.3. The van der Waals surface area contributed by atoms with Crippen LogP contribution in [0.2, 0.25) is 0 Å². The van der Waals surface area contributed by atoms with E-state index in [1.165, 1.54) is 16.1 Å². The van der Waals surface area contributed by atoms with E-state index < -0.39 is 10.0 Å². The van der Waals surface area contributed by atoms with Crippen molar-refractivity contribution in [3.05, 3.63) is 107 Å². The second-order valence-corrected chi connectivity index (χ2v) is 14.9. The standard InChI is InChI=1S/C35H34N4O5S3/c1-3-44-34(41)26-17-19-37(20-18-26)47(42,43)30-16-10-13-27(21-30)32-28(23-38(36-32)29-14-8-5-9-15-29)22-31-33(40)39(35(45)46-31)24(2)25-11-6-4-7-12-25/h4-16,21-24,26H,3,17-20H2,1-2H3. The summed E-state index contributed by atoms with van der Waals surface area (Å²) in [4.78, 5) is 28.2. The third kappa shape index (κ3) is 6.82. The quantitative estimate of drug-likeness (QED) is 0.112. The van der Waals surface area contributed by atoms with Crippen molar-refractivity contribution in [3.8, 4) is 16.9 Å². The van der Waals surface area contributed by atoms with Crippen LogP contribution >= 0.6 is 24.0 Å². The summed E-state index contributed by atoms with van der Waals surface area (Å²) in [5.41, 5.74) is 3.54. The van der Waals surface area contributed by atoms with Crippen LogP contribution in [0.25, 0.3) is 23.0 Å². The predicted octanol–water partition coefficient (Wildman–Crippen LogP) is 6.47. The molecule has 0 bridgehead atoms. The highest BCUT2D eigenvalue weighted by molar-refractivity contribution is 8.26. The Morgan fingerprint density at radius 2 is 1.72 bits per heavy atom. The van der Waals surface area contributed by atoms with Crippen LogP contribution in [0.1, 0.15) is 43.9 Å². The normalized spacial score (nSPS) is 17.7. The highest BCUT2D eigenvalue weighted by atomic mass is 32.2. The van der Waals surface area contributed by atoms with E-state index >= 15 is 0 Å². The fraction of sp³-hybridized carbons (Fsp3) is 0.257. The maximum atomic E-state index is 13.8. The minimum absolute atomic E-state index is 0.132. The Balaban J connectivity index is 1.33. The number of benzene rings is 3. The molecule has 2 aliphatic heterocycles. The molecule has 1 amide bonds. The Morgan fingerprint density at radius 3 is 2.40 bits per heavy atom. The van der Waals surface area contributed by atoms with Gasteiger partial charge in [0, 0.05) is 30.4 Å². The van der Waals surface area contributed by atoms with Gasteiger partial charge in [-0.15, -0.1) is 0 Å². The van der Waals surface area contributed by atoms with Gasteiger partial charge in [-0.25, -0.2) is 13.1 Å². The molecule has 1 unspecified atom stereocenters. The van der Waals surface area contributed by atoms with E-state index in [2.05, 4.69) is 0 Å². The van der Waals surface area contributed by atoms with Gasteiger partial charge in [-0.05, 0) is 62.6 Å². The van der Waals surface area contributed by atoms with Crippen molar-refractivity contribution in [1.29, 1.82) is 0 Å². The molecular weight excluding hydrogens is 653 g/mol. The number of ether oxygens (including phenoxy) is 1. The molecule has 1 atom stereocenters. The van der Waals surface area contributed by atoms with Gasteiger partial charge in [-0.1, -0.05) is 84.6 Å². The third-order valence-corrected chi connectivity index (χ3v) is 11.6. The number of piperidine rings is 1. The lowest BCUT2D eigenvalue weighted by Gasteiger charge is -2.30. The molecule has 4 aromatic rings. The summed E-state index contributed by atoms with van der Waals surface area (Å²) in [5, 5.41) is 4.87. The number of rotatable bonds is 9. The molecule has 2 saturated heterocycles. The molecule has 242 valence electrons. The Labute approximate surface area is 284 Å². The first-order valence-electron chi connectivity index (χ1n) is 15.4. The van der Waals surface area contributed by atoms with Crippen LogP contribution in [0.3, 0.4) is 0 Å². The summed E-state index contributed by atoms with van der Waals surface area (Å²) < 4.78 is 36.3. The third-order valence-electron chi connectivity index (χ3n) is 8.36. The maximum Gasteiger partial charge on any atom is 0.309 e. The minimum atomic E-state index is -3.84. The predicted molar refractivity (Wildman–Crippen MR) is 187 cm³/mol. The minimum Gasteiger partial charge on any atom is -0.466 e. The first-order valence-corrected chi connectivity index (χ1v) is 18.1. The molecule has 2 aliphatic rings. The van der Waals surface area contributed by atoms with E-state index in [1.54, 1.807) is 40.8 Å². The van der Waals surface area contributed by atoms with E-state index in [4.69, 9.17) is 22.1 Å². The van der Waals surface area contributed by atoms with Gasteiger partial charge in [0.05, 0.1) is 34.1 Å². The Bertz CT molecular complexity index is 1940. The van der Waals surface area contributed by atoms with Crippen LogP contribution < -0.4 is 0 Å². The molecule has 0 N–H and O–H groups in total. The molecule has 0 spiro atoms.